The minimum atomic E-state index is 0.122. The number of thioether (sulfide) groups is 1. The summed E-state index contributed by atoms with van der Waals surface area (Å²) in [5.41, 5.74) is 1.12. The van der Waals surface area contributed by atoms with Crippen molar-refractivity contribution in [3.63, 3.8) is 0 Å². The van der Waals surface area contributed by atoms with Gasteiger partial charge in [-0.25, -0.2) is 0 Å². The molecule has 2 fully saturated rings. The van der Waals surface area contributed by atoms with Crippen molar-refractivity contribution in [2.45, 2.75) is 5.37 Å². The van der Waals surface area contributed by atoms with E-state index in [4.69, 9.17) is 4.74 Å². The Hall–Kier alpha value is -1.11. The van der Waals surface area contributed by atoms with E-state index in [0.717, 1.165) is 45.0 Å². The summed E-state index contributed by atoms with van der Waals surface area (Å²) in [5.74, 6) is 0.806. The normalized spacial score (nSPS) is 24.3. The van der Waals surface area contributed by atoms with Crippen molar-refractivity contribution in [2.75, 3.05) is 45.1 Å². The Kier molecular flexibility index (Phi) is 4.54. The van der Waals surface area contributed by atoms with E-state index in [0.29, 0.717) is 5.75 Å². The van der Waals surface area contributed by atoms with E-state index in [1.165, 1.54) is 0 Å². The molecule has 6 heteroatoms. The molecular formula is C14H19N3O2S. The molecule has 3 heterocycles. The molecule has 5 nitrogen and oxygen atoms in total. The fourth-order valence-corrected chi connectivity index (χ4v) is 3.77. The van der Waals surface area contributed by atoms with Gasteiger partial charge in [0.1, 0.15) is 5.37 Å². The lowest BCUT2D eigenvalue weighted by Gasteiger charge is -2.30. The third-order valence-corrected chi connectivity index (χ3v) is 4.95. The quantitative estimate of drug-likeness (QED) is 0.828. The van der Waals surface area contributed by atoms with Crippen molar-refractivity contribution in [3.8, 4) is 0 Å². The van der Waals surface area contributed by atoms with E-state index >= 15 is 0 Å². The van der Waals surface area contributed by atoms with Gasteiger partial charge in [0.2, 0.25) is 5.91 Å². The molecule has 0 radical (unpaired) electrons. The lowest BCUT2D eigenvalue weighted by molar-refractivity contribution is -0.128. The van der Waals surface area contributed by atoms with Crippen LogP contribution in [0.4, 0.5) is 0 Å². The fourth-order valence-electron chi connectivity index (χ4n) is 2.57. The molecule has 1 aromatic heterocycles. The molecule has 3 rings (SSSR count). The van der Waals surface area contributed by atoms with Gasteiger partial charge in [-0.15, -0.1) is 11.8 Å². The van der Waals surface area contributed by atoms with E-state index in [2.05, 4.69) is 9.88 Å². The number of aromatic nitrogens is 1. The van der Waals surface area contributed by atoms with E-state index in [1.807, 2.05) is 23.2 Å². The maximum atomic E-state index is 12.1. The Morgan fingerprint density at radius 3 is 2.95 bits per heavy atom. The average Bonchev–Trinajstić information content (AvgIpc) is 2.88. The Balaban J connectivity index is 1.62. The maximum Gasteiger partial charge on any atom is 0.233 e. The van der Waals surface area contributed by atoms with Gasteiger partial charge >= 0.3 is 0 Å². The fraction of sp³-hybridized carbons (Fsp3) is 0.571. The lowest BCUT2D eigenvalue weighted by Crippen LogP contribution is -2.42. The van der Waals surface area contributed by atoms with Gasteiger partial charge in [0, 0.05) is 44.1 Å². The smallest absolute Gasteiger partial charge is 0.233 e. The number of ether oxygens (including phenoxy) is 1. The summed E-state index contributed by atoms with van der Waals surface area (Å²) in [6.07, 6.45) is 3.63. The van der Waals surface area contributed by atoms with Crippen molar-refractivity contribution in [3.05, 3.63) is 30.1 Å². The van der Waals surface area contributed by atoms with Gasteiger partial charge in [-0.3, -0.25) is 14.7 Å². The number of hydrogen-bond acceptors (Lipinski definition) is 5. The van der Waals surface area contributed by atoms with Crippen LogP contribution in [-0.2, 0) is 9.53 Å². The number of morpholine rings is 1. The monoisotopic (exact) mass is 293 g/mol. The van der Waals surface area contributed by atoms with Crippen molar-refractivity contribution in [1.82, 2.24) is 14.8 Å². The number of carbonyl (C=O) groups excluding carboxylic acids is 1. The number of hydrogen-bond donors (Lipinski definition) is 0. The number of pyridine rings is 1. The van der Waals surface area contributed by atoms with E-state index < -0.39 is 0 Å². The second-order valence-corrected chi connectivity index (χ2v) is 6.06. The molecule has 1 atom stereocenters. The zero-order valence-electron chi connectivity index (χ0n) is 11.4. The first-order chi connectivity index (χ1) is 9.84. The van der Waals surface area contributed by atoms with Crippen LogP contribution in [0, 0.1) is 0 Å². The van der Waals surface area contributed by atoms with Crippen LogP contribution in [0.2, 0.25) is 0 Å². The standard InChI is InChI=1S/C14H19N3O2S/c18-13-11-20-14(12-2-1-3-15-10-12)17(13)5-4-16-6-8-19-9-7-16/h1-3,10,14H,4-9,11H2. The number of amides is 1. The van der Waals surface area contributed by atoms with Gasteiger partial charge in [0.25, 0.3) is 0 Å². The van der Waals surface area contributed by atoms with Crippen LogP contribution in [0.5, 0.6) is 0 Å². The minimum Gasteiger partial charge on any atom is -0.379 e. The first-order valence-electron chi connectivity index (χ1n) is 6.96. The summed E-state index contributed by atoms with van der Waals surface area (Å²) in [6, 6.07) is 3.98. The molecule has 2 aliphatic rings. The lowest BCUT2D eigenvalue weighted by atomic mass is 10.2. The van der Waals surface area contributed by atoms with Crippen molar-refractivity contribution in [1.29, 1.82) is 0 Å². The van der Waals surface area contributed by atoms with E-state index in [-0.39, 0.29) is 11.3 Å². The third-order valence-electron chi connectivity index (χ3n) is 3.70. The van der Waals surface area contributed by atoms with Crippen molar-refractivity contribution >= 4 is 17.7 Å². The molecule has 108 valence electrons. The molecule has 0 spiro atoms. The highest BCUT2D eigenvalue weighted by atomic mass is 32.2. The summed E-state index contributed by atoms with van der Waals surface area (Å²) in [6.45, 7) is 5.24. The first kappa shape index (κ1) is 13.9. The largest absolute Gasteiger partial charge is 0.379 e. The first-order valence-corrected chi connectivity index (χ1v) is 8.00. The van der Waals surface area contributed by atoms with Crippen LogP contribution in [-0.4, -0.2) is 65.8 Å². The molecule has 0 aromatic carbocycles. The molecule has 1 amide bonds. The van der Waals surface area contributed by atoms with Gasteiger partial charge in [0.15, 0.2) is 0 Å². The topological polar surface area (TPSA) is 45.7 Å². The molecule has 2 saturated heterocycles. The van der Waals surface area contributed by atoms with Gasteiger partial charge in [-0.1, -0.05) is 6.07 Å². The van der Waals surface area contributed by atoms with Crippen LogP contribution in [0.3, 0.4) is 0 Å². The molecule has 0 saturated carbocycles. The second-order valence-electron chi connectivity index (χ2n) is 4.99. The van der Waals surface area contributed by atoms with E-state index in [9.17, 15) is 4.79 Å². The molecule has 2 aliphatic heterocycles. The Bertz CT molecular complexity index is 451. The minimum absolute atomic E-state index is 0.122. The number of carbonyl (C=O) groups is 1. The summed E-state index contributed by atoms with van der Waals surface area (Å²) in [5, 5.41) is 0.122. The highest BCUT2D eigenvalue weighted by molar-refractivity contribution is 8.00. The SMILES string of the molecule is O=C1CSC(c2cccnc2)N1CCN1CCOCC1. The Morgan fingerprint density at radius 1 is 1.35 bits per heavy atom. The zero-order chi connectivity index (χ0) is 13.8. The van der Waals surface area contributed by atoms with Crippen LogP contribution < -0.4 is 0 Å². The Labute approximate surface area is 123 Å². The molecular weight excluding hydrogens is 274 g/mol. The predicted molar refractivity (Wildman–Crippen MR) is 78.4 cm³/mol. The van der Waals surface area contributed by atoms with Crippen LogP contribution in [0.1, 0.15) is 10.9 Å². The summed E-state index contributed by atoms with van der Waals surface area (Å²) < 4.78 is 5.35. The average molecular weight is 293 g/mol. The molecule has 0 N–H and O–H groups in total. The summed E-state index contributed by atoms with van der Waals surface area (Å²) in [7, 11) is 0. The second kappa shape index (κ2) is 6.56. The number of rotatable bonds is 4. The van der Waals surface area contributed by atoms with Gasteiger partial charge < -0.3 is 9.64 Å². The highest BCUT2D eigenvalue weighted by Crippen LogP contribution is 2.37. The number of nitrogens with zero attached hydrogens (tertiary/aromatic N) is 3. The van der Waals surface area contributed by atoms with Gasteiger partial charge in [-0.2, -0.15) is 0 Å². The zero-order valence-corrected chi connectivity index (χ0v) is 12.2. The highest BCUT2D eigenvalue weighted by Gasteiger charge is 2.32. The summed E-state index contributed by atoms with van der Waals surface area (Å²) in [4.78, 5) is 20.6. The predicted octanol–water partition coefficient (Wildman–Crippen LogP) is 0.988. The van der Waals surface area contributed by atoms with Gasteiger partial charge in [0.05, 0.1) is 19.0 Å². The molecule has 20 heavy (non-hydrogen) atoms. The summed E-state index contributed by atoms with van der Waals surface area (Å²) >= 11 is 1.69. The van der Waals surface area contributed by atoms with Gasteiger partial charge in [-0.05, 0) is 6.07 Å². The van der Waals surface area contributed by atoms with Crippen molar-refractivity contribution in [2.24, 2.45) is 0 Å². The Morgan fingerprint density at radius 2 is 2.20 bits per heavy atom. The molecule has 1 unspecified atom stereocenters. The van der Waals surface area contributed by atoms with Crippen LogP contribution in [0.25, 0.3) is 0 Å². The van der Waals surface area contributed by atoms with Crippen LogP contribution >= 0.6 is 11.8 Å². The van der Waals surface area contributed by atoms with E-state index in [1.54, 1.807) is 18.0 Å². The maximum absolute atomic E-state index is 12.1. The third kappa shape index (κ3) is 3.13. The molecule has 0 aliphatic carbocycles. The van der Waals surface area contributed by atoms with Crippen LogP contribution in [0.15, 0.2) is 24.5 Å². The van der Waals surface area contributed by atoms with Crippen molar-refractivity contribution < 1.29 is 9.53 Å². The molecule has 0 bridgehead atoms. The molecule has 1 aromatic rings.